The van der Waals surface area contributed by atoms with E-state index in [4.69, 9.17) is 27.9 Å². The number of nitrogens with one attached hydrogen (secondary N) is 1. The Morgan fingerprint density at radius 3 is 2.16 bits per heavy atom. The van der Waals surface area contributed by atoms with Gasteiger partial charge in [0.15, 0.2) is 0 Å². The van der Waals surface area contributed by atoms with Gasteiger partial charge in [-0.2, -0.15) is 0 Å². The van der Waals surface area contributed by atoms with E-state index in [2.05, 4.69) is 5.32 Å². The van der Waals surface area contributed by atoms with E-state index in [9.17, 15) is 13.2 Å². The van der Waals surface area contributed by atoms with Crippen LogP contribution in [-0.4, -0.2) is 27.7 Å². The molecule has 31 heavy (non-hydrogen) atoms. The van der Waals surface area contributed by atoms with Gasteiger partial charge in [-0.05, 0) is 48.5 Å². The molecule has 0 atom stereocenters. The van der Waals surface area contributed by atoms with Gasteiger partial charge in [0.1, 0.15) is 5.75 Å². The first-order chi connectivity index (χ1) is 14.7. The van der Waals surface area contributed by atoms with Gasteiger partial charge in [0, 0.05) is 21.2 Å². The van der Waals surface area contributed by atoms with E-state index < -0.39 is 10.0 Å². The average Bonchev–Trinajstić information content (AvgIpc) is 2.73. The third kappa shape index (κ3) is 5.50. The third-order valence-corrected chi connectivity index (χ3v) is 6.39. The molecule has 162 valence electrons. The lowest BCUT2D eigenvalue weighted by atomic mass is 10.1. The van der Waals surface area contributed by atoms with Crippen LogP contribution in [0.25, 0.3) is 0 Å². The van der Waals surface area contributed by atoms with Gasteiger partial charge in [0.25, 0.3) is 5.91 Å². The summed E-state index contributed by atoms with van der Waals surface area (Å²) < 4.78 is 31.3. The molecule has 6 nitrogen and oxygen atoms in total. The lowest BCUT2D eigenvalue weighted by Crippen LogP contribution is -2.29. The molecule has 3 aromatic rings. The number of ether oxygens (including phenoxy) is 1. The van der Waals surface area contributed by atoms with Crippen LogP contribution in [0.3, 0.4) is 0 Å². The van der Waals surface area contributed by atoms with Crippen LogP contribution in [0.15, 0.2) is 66.7 Å². The highest BCUT2D eigenvalue weighted by Gasteiger charge is 2.21. The molecule has 0 spiro atoms. The lowest BCUT2D eigenvalue weighted by molar-refractivity contribution is 0.102. The molecule has 0 bridgehead atoms. The molecule has 0 aliphatic rings. The van der Waals surface area contributed by atoms with Crippen molar-refractivity contribution in [2.75, 3.05) is 23.0 Å². The zero-order chi connectivity index (χ0) is 22.6. The number of methoxy groups -OCH3 is 1. The second kappa shape index (κ2) is 9.60. The first-order valence-electron chi connectivity index (χ1n) is 9.15. The van der Waals surface area contributed by atoms with Gasteiger partial charge in [-0.15, -0.1) is 0 Å². The molecule has 3 rings (SSSR count). The molecule has 0 saturated carbocycles. The van der Waals surface area contributed by atoms with Gasteiger partial charge in [-0.1, -0.05) is 41.4 Å². The molecule has 9 heteroatoms. The Kier molecular flexibility index (Phi) is 7.10. The predicted octanol–water partition coefficient (Wildman–Crippen LogP) is 5.22. The summed E-state index contributed by atoms with van der Waals surface area (Å²) >= 11 is 12.4. The van der Waals surface area contributed by atoms with Gasteiger partial charge in [-0.3, -0.25) is 9.10 Å². The Morgan fingerprint density at radius 2 is 1.58 bits per heavy atom. The molecule has 0 unspecified atom stereocenters. The third-order valence-electron chi connectivity index (χ3n) is 4.54. The van der Waals surface area contributed by atoms with Crippen LogP contribution in [0.4, 0.5) is 11.4 Å². The first-order valence-corrected chi connectivity index (χ1v) is 11.8. The minimum atomic E-state index is -3.64. The first kappa shape index (κ1) is 22.9. The monoisotopic (exact) mass is 478 g/mol. The second-order valence-electron chi connectivity index (χ2n) is 6.67. The minimum absolute atomic E-state index is 0.0376. The highest BCUT2D eigenvalue weighted by atomic mass is 35.5. The van der Waals surface area contributed by atoms with Crippen LogP contribution in [-0.2, 0) is 16.6 Å². The quantitative estimate of drug-likeness (QED) is 0.504. The van der Waals surface area contributed by atoms with Crippen molar-refractivity contribution in [1.29, 1.82) is 0 Å². The van der Waals surface area contributed by atoms with Crippen LogP contribution in [0.2, 0.25) is 10.0 Å². The van der Waals surface area contributed by atoms with E-state index in [1.54, 1.807) is 66.7 Å². The zero-order valence-electron chi connectivity index (χ0n) is 16.8. The molecule has 1 amide bonds. The number of anilines is 2. The highest BCUT2D eigenvalue weighted by Crippen LogP contribution is 2.29. The Labute approximate surface area is 191 Å². The summed E-state index contributed by atoms with van der Waals surface area (Å²) in [5, 5.41) is 3.52. The van der Waals surface area contributed by atoms with E-state index in [1.807, 2.05) is 0 Å². The zero-order valence-corrected chi connectivity index (χ0v) is 19.1. The number of halogens is 2. The van der Waals surface area contributed by atoms with E-state index in [0.717, 1.165) is 6.26 Å². The predicted molar refractivity (Wildman–Crippen MR) is 125 cm³/mol. The van der Waals surface area contributed by atoms with E-state index in [1.165, 1.54) is 11.4 Å². The number of benzene rings is 3. The second-order valence-corrected chi connectivity index (χ2v) is 9.39. The Balaban J connectivity index is 1.86. The summed E-state index contributed by atoms with van der Waals surface area (Å²) in [6.45, 7) is -0.0376. The number of para-hydroxylation sites is 2. The maximum Gasteiger partial charge on any atom is 0.255 e. The van der Waals surface area contributed by atoms with Crippen molar-refractivity contribution in [2.45, 2.75) is 6.54 Å². The number of sulfonamides is 1. The molecular formula is C22H20Cl2N2O4S. The standard InChI is InChI=1S/C22H20Cl2N2O4S/c1-30-21-9-4-3-8-20(21)25-22(27)15-10-12-16(13-11-15)26(31(2,28)29)14-17-18(23)6-5-7-19(17)24/h3-13H,14H2,1-2H3,(H,25,27). The average molecular weight is 479 g/mol. The molecular weight excluding hydrogens is 459 g/mol. The van der Waals surface area contributed by atoms with Gasteiger partial charge in [0.2, 0.25) is 10.0 Å². The van der Waals surface area contributed by atoms with E-state index in [0.29, 0.717) is 38.3 Å². The largest absolute Gasteiger partial charge is 0.495 e. The summed E-state index contributed by atoms with van der Waals surface area (Å²) in [6.07, 6.45) is 1.10. The molecule has 0 saturated heterocycles. The molecule has 0 aliphatic heterocycles. The minimum Gasteiger partial charge on any atom is -0.495 e. The van der Waals surface area contributed by atoms with Gasteiger partial charge >= 0.3 is 0 Å². The fraction of sp³-hybridized carbons (Fsp3) is 0.136. The molecule has 1 N–H and O–H groups in total. The van der Waals surface area contributed by atoms with Crippen molar-refractivity contribution in [3.63, 3.8) is 0 Å². The Bertz CT molecular complexity index is 1180. The smallest absolute Gasteiger partial charge is 0.255 e. The number of amides is 1. The fourth-order valence-corrected chi connectivity index (χ4v) is 4.33. The number of hydrogen-bond donors (Lipinski definition) is 1. The van der Waals surface area contributed by atoms with Crippen LogP contribution in [0.1, 0.15) is 15.9 Å². The van der Waals surface area contributed by atoms with Crippen LogP contribution in [0.5, 0.6) is 5.75 Å². The number of hydrogen-bond acceptors (Lipinski definition) is 4. The van der Waals surface area contributed by atoms with Crippen molar-refractivity contribution in [2.24, 2.45) is 0 Å². The number of rotatable bonds is 7. The van der Waals surface area contributed by atoms with Crippen LogP contribution in [0, 0.1) is 0 Å². The van der Waals surface area contributed by atoms with E-state index >= 15 is 0 Å². The number of nitrogens with zero attached hydrogens (tertiary/aromatic N) is 1. The van der Waals surface area contributed by atoms with Crippen molar-refractivity contribution in [3.05, 3.63) is 87.9 Å². The number of carbonyl (C=O) groups is 1. The van der Waals surface area contributed by atoms with Crippen LogP contribution < -0.4 is 14.4 Å². The summed E-state index contributed by atoms with van der Waals surface area (Å²) in [4.78, 5) is 12.6. The maximum atomic E-state index is 12.6. The topological polar surface area (TPSA) is 75.7 Å². The normalized spacial score (nSPS) is 11.1. The van der Waals surface area contributed by atoms with Crippen molar-refractivity contribution in [3.8, 4) is 5.75 Å². The molecule has 0 radical (unpaired) electrons. The summed E-state index contributed by atoms with van der Waals surface area (Å²) in [5.74, 6) is 0.184. The number of carbonyl (C=O) groups excluding carboxylic acids is 1. The summed E-state index contributed by atoms with van der Waals surface area (Å²) in [7, 11) is -2.12. The van der Waals surface area contributed by atoms with E-state index in [-0.39, 0.29) is 12.5 Å². The van der Waals surface area contributed by atoms with Crippen molar-refractivity contribution < 1.29 is 17.9 Å². The summed E-state index contributed by atoms with van der Waals surface area (Å²) in [6, 6.07) is 18.2. The SMILES string of the molecule is COc1ccccc1NC(=O)c1ccc(N(Cc2c(Cl)cccc2Cl)S(C)(=O)=O)cc1. The highest BCUT2D eigenvalue weighted by molar-refractivity contribution is 7.92. The molecule has 3 aromatic carbocycles. The van der Waals surface area contributed by atoms with Gasteiger partial charge in [0.05, 0.1) is 31.3 Å². The van der Waals surface area contributed by atoms with Crippen molar-refractivity contribution >= 4 is 50.5 Å². The molecule has 0 aliphatic carbocycles. The lowest BCUT2D eigenvalue weighted by Gasteiger charge is -2.23. The molecule has 0 heterocycles. The van der Waals surface area contributed by atoms with Crippen LogP contribution >= 0.6 is 23.2 Å². The van der Waals surface area contributed by atoms with Gasteiger partial charge < -0.3 is 10.1 Å². The summed E-state index contributed by atoms with van der Waals surface area (Å²) in [5.41, 5.74) is 1.77. The molecule has 0 fully saturated rings. The molecule has 0 aromatic heterocycles. The Morgan fingerprint density at radius 1 is 0.968 bits per heavy atom. The Hall–Kier alpha value is -2.74. The maximum absolute atomic E-state index is 12.6. The van der Waals surface area contributed by atoms with Crippen molar-refractivity contribution in [1.82, 2.24) is 0 Å². The fourth-order valence-electron chi connectivity index (χ4n) is 2.95. The van der Waals surface area contributed by atoms with Gasteiger partial charge in [-0.25, -0.2) is 8.42 Å².